The number of rotatable bonds is 5. The zero-order chi connectivity index (χ0) is 17.2. The molecule has 1 unspecified atom stereocenters. The maximum atomic E-state index is 13.0. The molecule has 1 aliphatic heterocycles. The van der Waals surface area contributed by atoms with Gasteiger partial charge in [0.1, 0.15) is 0 Å². The Hall–Kier alpha value is -1.73. The number of likely N-dealkylation sites (N-methyl/N-ethyl adjacent to an activating group) is 1. The first-order chi connectivity index (χ1) is 11.5. The first-order valence-corrected chi connectivity index (χ1v) is 9.33. The summed E-state index contributed by atoms with van der Waals surface area (Å²) in [5.41, 5.74) is 0.687. The van der Waals surface area contributed by atoms with Crippen LogP contribution in [0.15, 0.2) is 59.5 Å². The summed E-state index contributed by atoms with van der Waals surface area (Å²) < 4.78 is 27.4. The smallest absolute Gasteiger partial charge is 0.243 e. The van der Waals surface area contributed by atoms with Crippen LogP contribution in [0.25, 0.3) is 0 Å². The van der Waals surface area contributed by atoms with Crippen molar-refractivity contribution in [3.63, 3.8) is 0 Å². The van der Waals surface area contributed by atoms with Crippen molar-refractivity contribution in [2.24, 2.45) is 0 Å². The van der Waals surface area contributed by atoms with E-state index in [2.05, 4.69) is 5.32 Å². The van der Waals surface area contributed by atoms with Crippen LogP contribution < -0.4 is 5.32 Å². The van der Waals surface area contributed by atoms with Crippen LogP contribution in [0.4, 0.5) is 0 Å². The first-order valence-electron chi connectivity index (χ1n) is 7.89. The van der Waals surface area contributed by atoms with Crippen LogP contribution in [-0.4, -0.2) is 44.7 Å². The maximum Gasteiger partial charge on any atom is 0.243 e. The number of carbonyl (C=O) groups excluding carboxylic acids is 1. The summed E-state index contributed by atoms with van der Waals surface area (Å²) in [7, 11) is -2.15. The van der Waals surface area contributed by atoms with Crippen molar-refractivity contribution in [2.75, 3.05) is 20.1 Å². The Morgan fingerprint density at radius 2 is 1.72 bits per heavy atom. The third-order valence-corrected chi connectivity index (χ3v) is 6.34. The monoisotopic (exact) mass is 380 g/mol. The molecule has 0 spiro atoms. The highest BCUT2D eigenvalue weighted by atomic mass is 35.5. The van der Waals surface area contributed by atoms with E-state index in [-0.39, 0.29) is 34.7 Å². The van der Waals surface area contributed by atoms with E-state index >= 15 is 0 Å². The van der Waals surface area contributed by atoms with Crippen LogP contribution in [0.3, 0.4) is 0 Å². The Kier molecular flexibility index (Phi) is 6.35. The fourth-order valence-electron chi connectivity index (χ4n) is 2.93. The summed E-state index contributed by atoms with van der Waals surface area (Å²) in [5.74, 6) is -0.285. The summed E-state index contributed by atoms with van der Waals surface area (Å²) in [6.45, 7) is 1.43. The van der Waals surface area contributed by atoms with E-state index in [1.54, 1.807) is 49.5 Å². The number of hydrogen-bond donors (Lipinski definition) is 1. The highest BCUT2D eigenvalue weighted by Crippen LogP contribution is 2.24. The molecular weight excluding hydrogens is 360 g/mol. The zero-order valence-electron chi connectivity index (χ0n) is 13.9. The maximum absolute atomic E-state index is 13.0. The lowest BCUT2D eigenvalue weighted by Crippen LogP contribution is -2.38. The van der Waals surface area contributed by atoms with Gasteiger partial charge in [-0.1, -0.05) is 42.5 Å². The molecule has 0 aliphatic carbocycles. The lowest BCUT2D eigenvalue weighted by Gasteiger charge is -2.24. The van der Waals surface area contributed by atoms with Gasteiger partial charge in [0.05, 0.1) is 4.90 Å². The van der Waals surface area contributed by atoms with Gasteiger partial charge < -0.3 is 5.32 Å². The molecule has 2 aromatic carbocycles. The normalized spacial score (nSPS) is 17.3. The van der Waals surface area contributed by atoms with Gasteiger partial charge in [-0.25, -0.2) is 8.42 Å². The van der Waals surface area contributed by atoms with Crippen molar-refractivity contribution in [2.45, 2.75) is 17.4 Å². The average molecular weight is 381 g/mol. The molecular formula is C18H21ClN2O3S. The molecule has 3 rings (SSSR count). The molecule has 0 radical (unpaired) electrons. The summed E-state index contributed by atoms with van der Waals surface area (Å²) >= 11 is 0. The van der Waals surface area contributed by atoms with Gasteiger partial charge in [-0.15, -0.1) is 12.4 Å². The van der Waals surface area contributed by atoms with Crippen molar-refractivity contribution in [1.29, 1.82) is 0 Å². The Balaban J connectivity index is 0.00000225. The number of ketones is 1. The largest absolute Gasteiger partial charge is 0.315 e. The van der Waals surface area contributed by atoms with Gasteiger partial charge in [0, 0.05) is 30.8 Å². The van der Waals surface area contributed by atoms with E-state index in [4.69, 9.17) is 0 Å². The fourth-order valence-corrected chi connectivity index (χ4v) is 4.50. The zero-order valence-corrected chi connectivity index (χ0v) is 15.5. The van der Waals surface area contributed by atoms with Gasteiger partial charge in [0.15, 0.2) is 5.78 Å². The SMILES string of the molecule is CN(C1CCNC1)S(=O)(=O)c1ccccc1C(=O)c1ccccc1.Cl. The number of hydrogen-bond acceptors (Lipinski definition) is 4. The van der Waals surface area contributed by atoms with Gasteiger partial charge in [-0.3, -0.25) is 4.79 Å². The fraction of sp³-hybridized carbons (Fsp3) is 0.278. The Bertz CT molecular complexity index is 834. The molecule has 0 saturated carbocycles. The number of halogens is 1. The Morgan fingerprint density at radius 3 is 2.36 bits per heavy atom. The molecule has 2 aromatic rings. The van der Waals surface area contributed by atoms with E-state index in [1.165, 1.54) is 10.4 Å². The quantitative estimate of drug-likeness (QED) is 0.808. The third kappa shape index (κ3) is 3.93. The number of carbonyl (C=O) groups is 1. The van der Waals surface area contributed by atoms with Crippen molar-refractivity contribution in [1.82, 2.24) is 9.62 Å². The first kappa shape index (κ1) is 19.6. The molecule has 25 heavy (non-hydrogen) atoms. The molecule has 0 bridgehead atoms. The molecule has 1 saturated heterocycles. The summed E-state index contributed by atoms with van der Waals surface area (Å²) in [6.07, 6.45) is 0.768. The van der Waals surface area contributed by atoms with Crippen LogP contribution in [0.1, 0.15) is 22.3 Å². The standard InChI is InChI=1S/C18H20N2O3S.ClH/c1-20(15-11-12-19-13-15)24(22,23)17-10-6-5-9-16(17)18(21)14-7-3-2-4-8-14;/h2-10,15,19H,11-13H2,1H3;1H. The molecule has 0 amide bonds. The van der Waals surface area contributed by atoms with Crippen LogP contribution in [0.2, 0.25) is 0 Å². The van der Waals surface area contributed by atoms with E-state index in [9.17, 15) is 13.2 Å². The number of nitrogens with zero attached hydrogens (tertiary/aromatic N) is 1. The minimum atomic E-state index is -3.73. The third-order valence-electron chi connectivity index (χ3n) is 4.37. The van der Waals surface area contributed by atoms with Crippen molar-refractivity contribution in [3.05, 3.63) is 65.7 Å². The van der Waals surface area contributed by atoms with Gasteiger partial charge >= 0.3 is 0 Å². The second kappa shape index (κ2) is 8.10. The number of nitrogens with one attached hydrogen (secondary N) is 1. The summed E-state index contributed by atoms with van der Waals surface area (Å²) in [4.78, 5) is 12.8. The lowest BCUT2D eigenvalue weighted by molar-refractivity contribution is 0.103. The van der Waals surface area contributed by atoms with Crippen LogP contribution in [0, 0.1) is 0 Å². The predicted octanol–water partition coefficient (Wildman–Crippen LogP) is 2.32. The van der Waals surface area contributed by atoms with E-state index in [0.717, 1.165) is 13.0 Å². The molecule has 134 valence electrons. The second-order valence-electron chi connectivity index (χ2n) is 5.86. The second-order valence-corrected chi connectivity index (χ2v) is 7.83. The van der Waals surface area contributed by atoms with E-state index in [1.807, 2.05) is 6.07 Å². The Labute approximate surface area is 154 Å². The van der Waals surface area contributed by atoms with Crippen molar-refractivity contribution < 1.29 is 13.2 Å². The highest BCUT2D eigenvalue weighted by Gasteiger charge is 2.32. The molecule has 1 N–H and O–H groups in total. The Morgan fingerprint density at radius 1 is 1.08 bits per heavy atom. The molecule has 5 nitrogen and oxygen atoms in total. The van der Waals surface area contributed by atoms with E-state index < -0.39 is 10.0 Å². The van der Waals surface area contributed by atoms with Crippen molar-refractivity contribution >= 4 is 28.2 Å². The highest BCUT2D eigenvalue weighted by molar-refractivity contribution is 7.89. The van der Waals surface area contributed by atoms with Gasteiger partial charge in [-0.2, -0.15) is 4.31 Å². The molecule has 1 atom stereocenters. The molecule has 1 fully saturated rings. The topological polar surface area (TPSA) is 66.5 Å². The predicted molar refractivity (Wildman–Crippen MR) is 99.8 cm³/mol. The molecule has 0 aromatic heterocycles. The average Bonchev–Trinajstić information content (AvgIpc) is 3.15. The van der Waals surface area contributed by atoms with Crippen LogP contribution >= 0.6 is 12.4 Å². The summed E-state index contributed by atoms with van der Waals surface area (Å²) in [5, 5.41) is 3.17. The molecule has 1 aliphatic rings. The molecule has 7 heteroatoms. The van der Waals surface area contributed by atoms with Gasteiger partial charge in [-0.05, 0) is 25.1 Å². The van der Waals surface area contributed by atoms with Crippen LogP contribution in [0.5, 0.6) is 0 Å². The number of benzene rings is 2. The number of sulfonamides is 1. The minimum absolute atomic E-state index is 0. The van der Waals surface area contributed by atoms with E-state index in [0.29, 0.717) is 12.1 Å². The van der Waals surface area contributed by atoms with Gasteiger partial charge in [0.25, 0.3) is 0 Å². The summed E-state index contributed by atoms with van der Waals surface area (Å²) in [6, 6.07) is 15.1. The minimum Gasteiger partial charge on any atom is -0.315 e. The van der Waals surface area contributed by atoms with Gasteiger partial charge in [0.2, 0.25) is 10.0 Å². The lowest BCUT2D eigenvalue weighted by atomic mass is 10.0. The van der Waals surface area contributed by atoms with Crippen molar-refractivity contribution in [3.8, 4) is 0 Å². The molecule has 1 heterocycles. The van der Waals surface area contributed by atoms with Crippen LogP contribution in [-0.2, 0) is 10.0 Å².